The lowest BCUT2D eigenvalue weighted by Crippen LogP contribution is -2.22. The van der Waals surface area contributed by atoms with Crippen LogP contribution in [0.15, 0.2) is 48.5 Å². The number of fused-ring (bicyclic) bond motifs is 2. The van der Waals surface area contributed by atoms with Crippen molar-refractivity contribution in [3.8, 4) is 22.5 Å². The maximum Gasteiger partial charge on any atom is 0.180 e. The number of tetrazole rings is 1. The zero-order chi connectivity index (χ0) is 25.7. The predicted octanol–water partition coefficient (Wildman–Crippen LogP) is 5.57. The fourth-order valence-corrected chi connectivity index (χ4v) is 5.50. The van der Waals surface area contributed by atoms with Crippen LogP contribution in [0.2, 0.25) is 0 Å². The number of aromatic nitrogens is 7. The fourth-order valence-electron chi connectivity index (χ4n) is 5.50. The molecule has 1 aliphatic carbocycles. The molecule has 1 N–H and O–H groups in total. The number of imidazole rings is 1. The van der Waals surface area contributed by atoms with Crippen LogP contribution in [0.1, 0.15) is 61.4 Å². The van der Waals surface area contributed by atoms with E-state index in [0.29, 0.717) is 5.82 Å². The summed E-state index contributed by atoms with van der Waals surface area (Å²) in [5.41, 5.74) is 9.47. The molecule has 3 aromatic heterocycles. The van der Waals surface area contributed by atoms with E-state index in [1.807, 2.05) is 12.1 Å². The largest absolute Gasteiger partial charge is 0.373 e. The van der Waals surface area contributed by atoms with Crippen LogP contribution in [0.4, 0.5) is 0 Å². The number of nitrogens with zero attached hydrogens (tertiary/aromatic N) is 6. The van der Waals surface area contributed by atoms with Crippen molar-refractivity contribution in [2.75, 3.05) is 7.11 Å². The number of benzene rings is 2. The van der Waals surface area contributed by atoms with E-state index in [1.165, 1.54) is 11.1 Å². The van der Waals surface area contributed by atoms with Crippen LogP contribution in [0.5, 0.6) is 0 Å². The maximum absolute atomic E-state index is 5.77. The number of hydrogen-bond acceptors (Lipinski definition) is 6. The summed E-state index contributed by atoms with van der Waals surface area (Å²) in [5.74, 6) is 1.74. The number of nitrogens with one attached hydrogen (secondary N) is 1. The molecule has 2 aromatic carbocycles. The average Bonchev–Trinajstić information content (AvgIpc) is 3.66. The molecule has 1 unspecified atom stereocenters. The molecule has 0 fully saturated rings. The summed E-state index contributed by atoms with van der Waals surface area (Å²) in [5, 5.41) is 14.6. The first-order valence-electron chi connectivity index (χ1n) is 12.8. The third-order valence-electron chi connectivity index (χ3n) is 7.69. The van der Waals surface area contributed by atoms with E-state index in [0.717, 1.165) is 64.2 Å². The number of aromatic amines is 1. The number of rotatable bonds is 6. The van der Waals surface area contributed by atoms with Gasteiger partial charge in [0.1, 0.15) is 16.9 Å². The van der Waals surface area contributed by atoms with Crippen molar-refractivity contribution < 1.29 is 4.74 Å². The van der Waals surface area contributed by atoms with E-state index in [-0.39, 0.29) is 6.04 Å². The van der Waals surface area contributed by atoms with Crippen LogP contribution in [0.3, 0.4) is 0 Å². The molecule has 0 spiro atoms. The molecular weight excluding hydrogens is 462 g/mol. The summed E-state index contributed by atoms with van der Waals surface area (Å²) in [6, 6.07) is 17.3. The Hall–Kier alpha value is -3.91. The van der Waals surface area contributed by atoms with Crippen molar-refractivity contribution in [1.82, 2.24) is 35.2 Å². The molecule has 37 heavy (non-hydrogen) atoms. The lowest BCUT2D eigenvalue weighted by atomic mass is 9.96. The summed E-state index contributed by atoms with van der Waals surface area (Å²) >= 11 is 0. The van der Waals surface area contributed by atoms with Gasteiger partial charge in [-0.3, -0.25) is 0 Å². The lowest BCUT2D eigenvalue weighted by molar-refractivity contribution is 0.0156. The van der Waals surface area contributed by atoms with E-state index in [9.17, 15) is 0 Å². The van der Waals surface area contributed by atoms with Crippen molar-refractivity contribution in [2.45, 2.75) is 58.6 Å². The van der Waals surface area contributed by atoms with Crippen molar-refractivity contribution in [3.05, 3.63) is 76.7 Å². The first-order chi connectivity index (χ1) is 17.9. The van der Waals surface area contributed by atoms with Crippen molar-refractivity contribution in [2.24, 2.45) is 0 Å². The van der Waals surface area contributed by atoms with E-state index in [4.69, 9.17) is 14.7 Å². The summed E-state index contributed by atoms with van der Waals surface area (Å²) < 4.78 is 8.14. The third kappa shape index (κ3) is 3.83. The van der Waals surface area contributed by atoms with Crippen molar-refractivity contribution >= 4 is 11.2 Å². The van der Waals surface area contributed by atoms with Gasteiger partial charge < -0.3 is 9.30 Å². The van der Waals surface area contributed by atoms with E-state index in [2.05, 4.69) is 89.3 Å². The Morgan fingerprint density at radius 3 is 2.62 bits per heavy atom. The Morgan fingerprint density at radius 1 is 1.08 bits per heavy atom. The molecule has 6 rings (SSSR count). The molecule has 1 atom stereocenters. The minimum Gasteiger partial charge on any atom is -0.373 e. The highest BCUT2D eigenvalue weighted by Gasteiger charge is 2.30. The van der Waals surface area contributed by atoms with Gasteiger partial charge in [0.15, 0.2) is 11.5 Å². The fraction of sp³-hybridized carbons (Fsp3) is 0.345. The van der Waals surface area contributed by atoms with Gasteiger partial charge >= 0.3 is 0 Å². The van der Waals surface area contributed by atoms with Crippen LogP contribution in [0, 0.1) is 6.92 Å². The molecule has 0 bridgehead atoms. The molecule has 0 saturated heterocycles. The van der Waals surface area contributed by atoms with Crippen LogP contribution >= 0.6 is 0 Å². The molecule has 8 nitrogen and oxygen atoms in total. The minimum atomic E-state index is -0.477. The molecule has 0 saturated carbocycles. The quantitative estimate of drug-likeness (QED) is 0.332. The molecule has 1 aliphatic rings. The molecular formula is C29H31N7O. The van der Waals surface area contributed by atoms with Gasteiger partial charge in [0.25, 0.3) is 0 Å². The Morgan fingerprint density at radius 2 is 1.89 bits per heavy atom. The number of pyridine rings is 1. The Balaban J connectivity index is 1.46. The summed E-state index contributed by atoms with van der Waals surface area (Å²) in [7, 11) is 1.73. The van der Waals surface area contributed by atoms with Crippen LogP contribution in [0.25, 0.3) is 33.7 Å². The number of H-pyrrole nitrogens is 1. The zero-order valence-corrected chi connectivity index (χ0v) is 21.9. The van der Waals surface area contributed by atoms with E-state index < -0.39 is 5.60 Å². The molecule has 3 heterocycles. The second-order valence-corrected chi connectivity index (χ2v) is 10.2. The molecule has 0 amide bonds. The normalized spacial score (nSPS) is 15.4. The second-order valence-electron chi connectivity index (χ2n) is 10.2. The van der Waals surface area contributed by atoms with Gasteiger partial charge in [0.05, 0.1) is 11.7 Å². The summed E-state index contributed by atoms with van der Waals surface area (Å²) in [6.07, 6.45) is 2.87. The average molecular weight is 494 g/mol. The van der Waals surface area contributed by atoms with Gasteiger partial charge in [-0.1, -0.05) is 49.4 Å². The predicted molar refractivity (Wildman–Crippen MR) is 143 cm³/mol. The van der Waals surface area contributed by atoms with E-state index in [1.54, 1.807) is 7.11 Å². The minimum absolute atomic E-state index is 0.200. The highest BCUT2D eigenvalue weighted by molar-refractivity contribution is 5.81. The maximum atomic E-state index is 5.77. The number of methoxy groups -OCH3 is 1. The molecule has 188 valence electrons. The van der Waals surface area contributed by atoms with Crippen LogP contribution < -0.4 is 0 Å². The van der Waals surface area contributed by atoms with Crippen LogP contribution in [-0.2, 0) is 23.2 Å². The number of hydrogen-bond donors (Lipinski definition) is 1. The van der Waals surface area contributed by atoms with Gasteiger partial charge in [0.2, 0.25) is 0 Å². The van der Waals surface area contributed by atoms with Gasteiger partial charge in [-0.2, -0.15) is 0 Å². The first-order valence-corrected chi connectivity index (χ1v) is 12.8. The highest BCUT2D eigenvalue weighted by Crippen LogP contribution is 2.41. The van der Waals surface area contributed by atoms with Crippen LogP contribution in [-0.4, -0.2) is 42.3 Å². The Bertz CT molecular complexity index is 1600. The van der Waals surface area contributed by atoms with Gasteiger partial charge in [-0.05, 0) is 77.9 Å². The van der Waals surface area contributed by atoms with Gasteiger partial charge in [-0.15, -0.1) is 5.10 Å². The lowest BCUT2D eigenvalue weighted by Gasteiger charge is -2.23. The van der Waals surface area contributed by atoms with Gasteiger partial charge in [0, 0.05) is 19.1 Å². The zero-order valence-electron chi connectivity index (χ0n) is 21.9. The molecule has 0 aliphatic heterocycles. The second kappa shape index (κ2) is 8.88. The SMILES string of the molecule is CCc1nc2c(C)cc(C(C)(C)OC)nc2n1C1CCc2cc(-c3ccccc3-c3nnn[nH]3)ccc21. The third-order valence-corrected chi connectivity index (χ3v) is 7.69. The van der Waals surface area contributed by atoms with Crippen molar-refractivity contribution in [1.29, 1.82) is 0 Å². The Kier molecular flexibility index (Phi) is 5.64. The summed E-state index contributed by atoms with van der Waals surface area (Å²) in [6.45, 7) is 8.40. The molecule has 8 heteroatoms. The summed E-state index contributed by atoms with van der Waals surface area (Å²) in [4.78, 5) is 10.2. The molecule has 5 aromatic rings. The first kappa shape index (κ1) is 23.5. The van der Waals surface area contributed by atoms with Gasteiger partial charge in [-0.25, -0.2) is 15.1 Å². The highest BCUT2D eigenvalue weighted by atomic mass is 16.5. The number of aryl methyl sites for hydroxylation is 3. The Labute approximate surface area is 216 Å². The van der Waals surface area contributed by atoms with E-state index >= 15 is 0 Å². The monoisotopic (exact) mass is 493 g/mol. The smallest absolute Gasteiger partial charge is 0.180 e. The molecule has 0 radical (unpaired) electrons. The number of ether oxygens (including phenoxy) is 1. The topological polar surface area (TPSA) is 94.4 Å². The van der Waals surface area contributed by atoms with Crippen molar-refractivity contribution in [3.63, 3.8) is 0 Å². The standard InChI is InChI=1S/C29H31N7O/c1-6-25-31-26-17(2)15-24(29(3,4)37-5)30-28(26)36(25)23-14-12-19-16-18(11-13-21(19)23)20-9-7-8-10-22(20)27-32-34-35-33-27/h7-11,13,15-16,23H,6,12,14H2,1-5H3,(H,32,33,34,35).